The van der Waals surface area contributed by atoms with E-state index in [0.29, 0.717) is 11.3 Å². The zero-order chi connectivity index (χ0) is 24.7. The molecule has 176 valence electrons. The van der Waals surface area contributed by atoms with E-state index in [4.69, 9.17) is 14.7 Å². The summed E-state index contributed by atoms with van der Waals surface area (Å²) in [6.07, 6.45) is -0.844. The number of nitro benzene ring substituents is 1. The van der Waals surface area contributed by atoms with Gasteiger partial charge < -0.3 is 19.4 Å². The van der Waals surface area contributed by atoms with Crippen LogP contribution in [0.25, 0.3) is 0 Å². The second-order valence-electron chi connectivity index (χ2n) is 5.98. The number of nitrogens with zero attached hydrogens (tertiary/aromatic N) is 3. The molecule has 1 aromatic carbocycles. The molecule has 13 nitrogen and oxygen atoms in total. The molecule has 0 aromatic heterocycles. The van der Waals surface area contributed by atoms with Crippen LogP contribution in [0.5, 0.6) is 0 Å². The first kappa shape index (κ1) is 25.4. The maximum absolute atomic E-state index is 12.5. The molecular weight excluding hydrogens is 460 g/mol. The number of allylic oxidation sites excluding steroid dienone is 1. The summed E-state index contributed by atoms with van der Waals surface area (Å²) < 4.78 is 9.66. The monoisotopic (exact) mass is 480 g/mol. The average Bonchev–Trinajstić information content (AvgIpc) is 3.35. The van der Waals surface area contributed by atoms with Crippen LogP contribution in [0.15, 0.2) is 50.6 Å². The Morgan fingerprint density at radius 1 is 1.30 bits per heavy atom. The molecule has 0 unspecified atom stereocenters. The van der Waals surface area contributed by atoms with Crippen LogP contribution in [-0.2, 0) is 23.9 Å². The number of hydrogen-bond acceptors (Lipinski definition) is 12. The molecule has 0 aliphatic carbocycles. The lowest BCUT2D eigenvalue weighted by Gasteiger charge is -2.22. The highest BCUT2D eigenvalue weighted by molar-refractivity contribution is 8.07. The first-order chi connectivity index (χ1) is 15.8. The number of hydrazine groups is 1. The van der Waals surface area contributed by atoms with Crippen LogP contribution < -0.4 is 5.43 Å². The summed E-state index contributed by atoms with van der Waals surface area (Å²) in [4.78, 5) is 52.0. The molecule has 33 heavy (non-hydrogen) atoms. The van der Waals surface area contributed by atoms with E-state index >= 15 is 0 Å². The number of aliphatic hydroxyl groups excluding tert-OH is 1. The minimum Gasteiger partial charge on any atom is -0.462 e. The van der Waals surface area contributed by atoms with Gasteiger partial charge in [-0.25, -0.2) is 24.8 Å². The number of methoxy groups -OCH3 is 1. The second kappa shape index (κ2) is 11.1. The number of oxime groups is 1. The van der Waals surface area contributed by atoms with E-state index in [1.54, 1.807) is 13.8 Å². The van der Waals surface area contributed by atoms with Crippen molar-refractivity contribution >= 4 is 41.2 Å². The van der Waals surface area contributed by atoms with Crippen molar-refractivity contribution in [3.63, 3.8) is 0 Å². The second-order valence-corrected chi connectivity index (χ2v) is 6.98. The van der Waals surface area contributed by atoms with Gasteiger partial charge in [0.1, 0.15) is 21.2 Å². The van der Waals surface area contributed by atoms with E-state index in [2.05, 4.69) is 15.3 Å². The average molecular weight is 480 g/mol. The molecule has 3 rings (SSSR count). The molecule has 0 radical (unpaired) electrons. The lowest BCUT2D eigenvalue weighted by atomic mass is 10.0. The number of thioether (sulfide) groups is 1. The van der Waals surface area contributed by atoms with E-state index in [9.17, 15) is 24.5 Å². The van der Waals surface area contributed by atoms with Crippen molar-refractivity contribution in [3.8, 4) is 0 Å². The summed E-state index contributed by atoms with van der Waals surface area (Å²) in [6, 6.07) is 5.32. The van der Waals surface area contributed by atoms with Gasteiger partial charge in [0, 0.05) is 24.8 Å². The van der Waals surface area contributed by atoms with Crippen molar-refractivity contribution in [1.82, 2.24) is 10.4 Å². The first-order valence-corrected chi connectivity index (χ1v) is 10.0. The fraction of sp³-hybridized carbons (Fsp3) is 0.263. The first-order valence-electron chi connectivity index (χ1n) is 9.22. The molecule has 0 fully saturated rings. The number of rotatable bonds is 5. The third kappa shape index (κ3) is 5.30. The van der Waals surface area contributed by atoms with Gasteiger partial charge in [-0.3, -0.25) is 10.1 Å². The lowest BCUT2D eigenvalue weighted by molar-refractivity contribution is -0.384. The van der Waals surface area contributed by atoms with Crippen molar-refractivity contribution in [2.75, 3.05) is 20.8 Å². The van der Waals surface area contributed by atoms with Gasteiger partial charge in [-0.2, -0.15) is 0 Å². The smallest absolute Gasteiger partial charge is 0.426 e. The minimum absolute atomic E-state index is 0.0473. The summed E-state index contributed by atoms with van der Waals surface area (Å²) in [7, 11) is 2.16. The van der Waals surface area contributed by atoms with Crippen LogP contribution in [0.1, 0.15) is 19.4 Å². The van der Waals surface area contributed by atoms with Crippen molar-refractivity contribution in [1.29, 1.82) is 0 Å². The zero-order valence-electron chi connectivity index (χ0n) is 18.0. The standard InChI is InChI=1S/C18H16N4O8S.CH4O/c1-4-29-17(24)14-9(2)21(19-18(25)28-3)15(31-14)12-13(20-30-16(12)23)10-5-7-11(8-6-10)22(26)27;1-2/h5-8H,4H2,1-3H3,(H,19,25);2H,1H3/b15-12-;. The molecule has 0 saturated heterocycles. The number of aliphatic hydroxyl groups is 1. The number of ether oxygens (including phenoxy) is 2. The Hall–Kier alpha value is -3.91. The molecule has 1 amide bonds. The molecule has 0 spiro atoms. The highest BCUT2D eigenvalue weighted by atomic mass is 32.2. The molecule has 1 aromatic rings. The van der Waals surface area contributed by atoms with Crippen molar-refractivity contribution in [3.05, 3.63) is 61.1 Å². The Balaban J connectivity index is 0.00000187. The highest BCUT2D eigenvalue weighted by Gasteiger charge is 2.40. The summed E-state index contributed by atoms with van der Waals surface area (Å²) in [5, 5.41) is 23.0. The van der Waals surface area contributed by atoms with Gasteiger partial charge in [-0.1, -0.05) is 16.9 Å². The zero-order valence-corrected chi connectivity index (χ0v) is 18.8. The van der Waals surface area contributed by atoms with E-state index in [0.717, 1.165) is 26.0 Å². The van der Waals surface area contributed by atoms with Crippen molar-refractivity contribution in [2.24, 2.45) is 5.16 Å². The Morgan fingerprint density at radius 3 is 2.48 bits per heavy atom. The van der Waals surface area contributed by atoms with Gasteiger partial charge >= 0.3 is 18.0 Å². The van der Waals surface area contributed by atoms with E-state index in [1.165, 1.54) is 29.3 Å². The lowest BCUT2D eigenvalue weighted by Crippen LogP contribution is -2.39. The molecule has 2 heterocycles. The van der Waals surface area contributed by atoms with E-state index in [1.807, 2.05) is 0 Å². The predicted molar refractivity (Wildman–Crippen MR) is 115 cm³/mol. The fourth-order valence-electron chi connectivity index (χ4n) is 2.69. The maximum atomic E-state index is 12.5. The van der Waals surface area contributed by atoms with Crippen molar-refractivity contribution < 1.29 is 38.7 Å². The number of benzene rings is 1. The van der Waals surface area contributed by atoms with Crippen LogP contribution in [0.3, 0.4) is 0 Å². The maximum Gasteiger partial charge on any atom is 0.426 e. The topological polar surface area (TPSA) is 170 Å². The van der Waals surface area contributed by atoms with Gasteiger partial charge in [0.2, 0.25) is 0 Å². The fourth-order valence-corrected chi connectivity index (χ4v) is 3.82. The third-order valence-corrected chi connectivity index (χ3v) is 5.39. The van der Waals surface area contributed by atoms with Crippen LogP contribution >= 0.6 is 11.8 Å². The summed E-state index contributed by atoms with van der Waals surface area (Å²) in [6.45, 7) is 3.32. The number of esters is 1. The molecule has 2 N–H and O–H groups in total. The number of non-ortho nitro benzene ring substituents is 1. The SMILES string of the molecule is CCOC(=O)C1=C(C)N(NC(=O)OC)/C(=C2/C(=O)ON=C2c2ccc([N+](=O)[O-])cc2)S1.CO. The summed E-state index contributed by atoms with van der Waals surface area (Å²) in [5.74, 6) is -1.47. The third-order valence-electron chi connectivity index (χ3n) is 4.14. The Labute approximate surface area is 191 Å². The minimum atomic E-state index is -0.844. The van der Waals surface area contributed by atoms with Crippen LogP contribution in [0, 0.1) is 10.1 Å². The largest absolute Gasteiger partial charge is 0.462 e. The Morgan fingerprint density at radius 2 is 1.94 bits per heavy atom. The predicted octanol–water partition coefficient (Wildman–Crippen LogP) is 1.79. The normalized spacial score (nSPS) is 17.1. The van der Waals surface area contributed by atoms with Crippen LogP contribution in [-0.4, -0.2) is 59.6 Å². The summed E-state index contributed by atoms with van der Waals surface area (Å²) >= 11 is 0.885. The van der Waals surface area contributed by atoms with E-state index in [-0.39, 0.29) is 33.5 Å². The molecular formula is C19H20N4O9S. The van der Waals surface area contributed by atoms with Gasteiger partial charge in [0.05, 0.1) is 24.3 Å². The molecule has 0 atom stereocenters. The van der Waals surface area contributed by atoms with Crippen LogP contribution in [0.4, 0.5) is 10.5 Å². The number of amides is 1. The summed E-state index contributed by atoms with van der Waals surface area (Å²) in [5.41, 5.74) is 2.97. The molecule has 0 bridgehead atoms. The molecule has 0 saturated carbocycles. The van der Waals surface area contributed by atoms with Gasteiger partial charge in [0.25, 0.3) is 5.69 Å². The van der Waals surface area contributed by atoms with Crippen molar-refractivity contribution in [2.45, 2.75) is 13.8 Å². The van der Waals surface area contributed by atoms with Crippen LogP contribution in [0.2, 0.25) is 0 Å². The molecule has 2 aliphatic heterocycles. The molecule has 14 heteroatoms. The number of hydrogen-bond donors (Lipinski definition) is 2. The number of carbonyl (C=O) groups is 3. The van der Waals surface area contributed by atoms with E-state index < -0.39 is 23.0 Å². The molecule has 2 aliphatic rings. The Kier molecular flexibility index (Phi) is 8.53. The van der Waals surface area contributed by atoms with Gasteiger partial charge in [-0.15, -0.1) is 0 Å². The van der Waals surface area contributed by atoms with Gasteiger partial charge in [-0.05, 0) is 26.0 Å². The number of carbonyl (C=O) groups excluding carboxylic acids is 3. The number of nitro groups is 1. The quantitative estimate of drug-likeness (QED) is 0.207. The highest BCUT2D eigenvalue weighted by Crippen LogP contribution is 2.44. The number of nitrogens with one attached hydrogen (secondary N) is 1. The Bertz CT molecular complexity index is 1060. The van der Waals surface area contributed by atoms with Gasteiger partial charge in [0.15, 0.2) is 0 Å².